The largest absolute Gasteiger partial charge is 0.398 e. The summed E-state index contributed by atoms with van der Waals surface area (Å²) in [6, 6.07) is 3.45. The SMILES string of the molecule is CCC(C)(CC)NS(=O)(=O)c1cc(C)cc(N)c1C. The maximum absolute atomic E-state index is 12.5. The number of nitrogens with one attached hydrogen (secondary N) is 1. The Labute approximate surface area is 116 Å². The zero-order chi connectivity index (χ0) is 14.8. The lowest BCUT2D eigenvalue weighted by Gasteiger charge is -2.28. The molecule has 1 aromatic carbocycles. The Bertz CT molecular complexity index is 561. The van der Waals surface area contributed by atoms with Gasteiger partial charge < -0.3 is 5.73 Å². The molecule has 5 heteroatoms. The molecule has 19 heavy (non-hydrogen) atoms. The maximum atomic E-state index is 12.5. The third-order valence-corrected chi connectivity index (χ3v) is 5.54. The fourth-order valence-electron chi connectivity index (χ4n) is 1.91. The third kappa shape index (κ3) is 3.48. The molecule has 1 aromatic rings. The second kappa shape index (κ2) is 5.51. The van der Waals surface area contributed by atoms with E-state index in [-0.39, 0.29) is 4.90 Å². The highest BCUT2D eigenvalue weighted by molar-refractivity contribution is 7.89. The van der Waals surface area contributed by atoms with Crippen molar-refractivity contribution in [2.75, 3.05) is 5.73 Å². The number of nitrogens with two attached hydrogens (primary N) is 1. The zero-order valence-corrected chi connectivity index (χ0v) is 13.2. The van der Waals surface area contributed by atoms with Crippen molar-refractivity contribution < 1.29 is 8.42 Å². The Hall–Kier alpha value is -1.07. The van der Waals surface area contributed by atoms with E-state index in [4.69, 9.17) is 5.73 Å². The summed E-state index contributed by atoms with van der Waals surface area (Å²) in [5.41, 5.74) is 7.39. The van der Waals surface area contributed by atoms with Crippen LogP contribution >= 0.6 is 0 Å². The Morgan fingerprint density at radius 3 is 2.21 bits per heavy atom. The quantitative estimate of drug-likeness (QED) is 0.817. The number of sulfonamides is 1. The van der Waals surface area contributed by atoms with Crippen molar-refractivity contribution in [2.45, 2.75) is 57.9 Å². The zero-order valence-electron chi connectivity index (χ0n) is 12.4. The van der Waals surface area contributed by atoms with Gasteiger partial charge in [0.1, 0.15) is 0 Å². The van der Waals surface area contributed by atoms with Crippen molar-refractivity contribution in [3.63, 3.8) is 0 Å². The molecular weight excluding hydrogens is 260 g/mol. The smallest absolute Gasteiger partial charge is 0.241 e. The van der Waals surface area contributed by atoms with Crippen LogP contribution in [0, 0.1) is 13.8 Å². The number of hydrogen-bond donors (Lipinski definition) is 2. The molecule has 0 fully saturated rings. The van der Waals surface area contributed by atoms with Crippen LogP contribution in [0.2, 0.25) is 0 Å². The van der Waals surface area contributed by atoms with Crippen LogP contribution in [0.5, 0.6) is 0 Å². The van der Waals surface area contributed by atoms with Gasteiger partial charge in [0.2, 0.25) is 10.0 Å². The minimum atomic E-state index is -3.55. The fraction of sp³-hybridized carbons (Fsp3) is 0.571. The average molecular weight is 284 g/mol. The summed E-state index contributed by atoms with van der Waals surface area (Å²) in [5, 5.41) is 0. The minimum absolute atomic E-state index is 0.276. The standard InChI is InChI=1S/C14H24N2O2S/c1-6-14(5,7-2)16-19(17,18)13-9-10(3)8-12(15)11(13)4/h8-9,16H,6-7,15H2,1-5H3. The molecule has 0 aromatic heterocycles. The molecule has 4 nitrogen and oxygen atoms in total. The lowest BCUT2D eigenvalue weighted by molar-refractivity contribution is 0.388. The van der Waals surface area contributed by atoms with Crippen LogP contribution in [0.25, 0.3) is 0 Å². The maximum Gasteiger partial charge on any atom is 0.241 e. The molecule has 0 radical (unpaired) electrons. The summed E-state index contributed by atoms with van der Waals surface area (Å²) in [5.74, 6) is 0. The third-order valence-electron chi connectivity index (χ3n) is 3.78. The monoisotopic (exact) mass is 284 g/mol. The summed E-state index contributed by atoms with van der Waals surface area (Å²) in [6.07, 6.45) is 1.48. The molecule has 3 N–H and O–H groups in total. The summed E-state index contributed by atoms with van der Waals surface area (Å²) in [7, 11) is -3.55. The van der Waals surface area contributed by atoms with E-state index < -0.39 is 15.6 Å². The first-order chi connectivity index (χ1) is 8.65. The lowest BCUT2D eigenvalue weighted by atomic mass is 9.98. The number of nitrogen functional groups attached to an aromatic ring is 1. The molecule has 0 saturated carbocycles. The van der Waals surface area contributed by atoms with Crippen molar-refractivity contribution >= 4 is 15.7 Å². The molecular formula is C14H24N2O2S. The van der Waals surface area contributed by atoms with Gasteiger partial charge >= 0.3 is 0 Å². The molecule has 0 heterocycles. The molecule has 0 bridgehead atoms. The molecule has 0 spiro atoms. The van der Waals surface area contributed by atoms with Crippen LogP contribution < -0.4 is 10.5 Å². The molecule has 0 aliphatic rings. The van der Waals surface area contributed by atoms with Gasteiger partial charge in [0.25, 0.3) is 0 Å². The van der Waals surface area contributed by atoms with Gasteiger partial charge in [-0.2, -0.15) is 0 Å². The van der Waals surface area contributed by atoms with E-state index in [9.17, 15) is 8.42 Å². The first-order valence-electron chi connectivity index (χ1n) is 6.56. The predicted octanol–water partition coefficient (Wildman–Crippen LogP) is 2.74. The van der Waals surface area contributed by atoms with Crippen LogP contribution in [-0.4, -0.2) is 14.0 Å². The van der Waals surface area contributed by atoms with Crippen LogP contribution in [0.4, 0.5) is 5.69 Å². The number of rotatable bonds is 5. The summed E-state index contributed by atoms with van der Waals surface area (Å²) >= 11 is 0. The molecule has 108 valence electrons. The lowest BCUT2D eigenvalue weighted by Crippen LogP contribution is -2.45. The first-order valence-corrected chi connectivity index (χ1v) is 8.04. The van der Waals surface area contributed by atoms with E-state index in [0.29, 0.717) is 11.3 Å². The average Bonchev–Trinajstić information content (AvgIpc) is 2.32. The van der Waals surface area contributed by atoms with E-state index in [1.165, 1.54) is 0 Å². The number of hydrogen-bond acceptors (Lipinski definition) is 3. The fourth-order valence-corrected chi connectivity index (χ4v) is 3.81. The highest BCUT2D eigenvalue weighted by Gasteiger charge is 2.28. The van der Waals surface area contributed by atoms with Gasteiger partial charge in [-0.15, -0.1) is 0 Å². The van der Waals surface area contributed by atoms with Crippen LogP contribution in [-0.2, 0) is 10.0 Å². The second-order valence-electron chi connectivity index (χ2n) is 5.35. The van der Waals surface area contributed by atoms with Gasteiger partial charge in [-0.1, -0.05) is 13.8 Å². The van der Waals surface area contributed by atoms with E-state index in [1.807, 2.05) is 27.7 Å². The highest BCUT2D eigenvalue weighted by Crippen LogP contribution is 2.25. The molecule has 0 aliphatic carbocycles. The Morgan fingerprint density at radius 2 is 1.74 bits per heavy atom. The molecule has 0 aliphatic heterocycles. The van der Waals surface area contributed by atoms with Crippen LogP contribution in [0.3, 0.4) is 0 Å². The molecule has 0 amide bonds. The normalized spacial score (nSPS) is 12.7. The van der Waals surface area contributed by atoms with Gasteiger partial charge in [0, 0.05) is 11.2 Å². The predicted molar refractivity (Wildman–Crippen MR) is 79.6 cm³/mol. The van der Waals surface area contributed by atoms with Gasteiger partial charge in [0.15, 0.2) is 0 Å². The Balaban J connectivity index is 3.29. The van der Waals surface area contributed by atoms with Crippen molar-refractivity contribution in [3.05, 3.63) is 23.3 Å². The van der Waals surface area contributed by atoms with Crippen LogP contribution in [0.15, 0.2) is 17.0 Å². The van der Waals surface area contributed by atoms with Gasteiger partial charge in [-0.05, 0) is 56.9 Å². The number of benzene rings is 1. The molecule has 1 rings (SSSR count). The van der Waals surface area contributed by atoms with E-state index in [2.05, 4.69) is 4.72 Å². The van der Waals surface area contributed by atoms with E-state index >= 15 is 0 Å². The van der Waals surface area contributed by atoms with E-state index in [0.717, 1.165) is 18.4 Å². The topological polar surface area (TPSA) is 72.2 Å². The second-order valence-corrected chi connectivity index (χ2v) is 7.00. The van der Waals surface area contributed by atoms with Crippen molar-refractivity contribution in [1.82, 2.24) is 4.72 Å². The number of anilines is 1. The van der Waals surface area contributed by atoms with Crippen molar-refractivity contribution in [1.29, 1.82) is 0 Å². The minimum Gasteiger partial charge on any atom is -0.398 e. The Kier molecular flexibility index (Phi) is 4.63. The van der Waals surface area contributed by atoms with Gasteiger partial charge in [-0.25, -0.2) is 13.1 Å². The highest BCUT2D eigenvalue weighted by atomic mass is 32.2. The summed E-state index contributed by atoms with van der Waals surface area (Å²) in [6.45, 7) is 9.44. The van der Waals surface area contributed by atoms with E-state index in [1.54, 1.807) is 19.1 Å². The van der Waals surface area contributed by atoms with Gasteiger partial charge in [0.05, 0.1) is 4.90 Å². The summed E-state index contributed by atoms with van der Waals surface area (Å²) < 4.78 is 27.8. The van der Waals surface area contributed by atoms with Crippen molar-refractivity contribution in [2.24, 2.45) is 0 Å². The van der Waals surface area contributed by atoms with Crippen LogP contribution in [0.1, 0.15) is 44.7 Å². The molecule has 0 unspecified atom stereocenters. The molecule has 0 saturated heterocycles. The van der Waals surface area contributed by atoms with Gasteiger partial charge in [-0.3, -0.25) is 0 Å². The number of aryl methyl sites for hydroxylation is 1. The summed E-state index contributed by atoms with van der Waals surface area (Å²) in [4.78, 5) is 0.276. The van der Waals surface area contributed by atoms with Crippen molar-refractivity contribution in [3.8, 4) is 0 Å². The molecule has 0 atom stereocenters. The first kappa shape index (κ1) is 16.0. The Morgan fingerprint density at radius 1 is 1.21 bits per heavy atom.